The van der Waals surface area contributed by atoms with E-state index in [-0.39, 0.29) is 10.8 Å². The Bertz CT molecular complexity index is 736. The Morgan fingerprint density at radius 1 is 1.10 bits per heavy atom. The van der Waals surface area contributed by atoms with E-state index in [1.165, 1.54) is 17.0 Å². The zero-order valence-electron chi connectivity index (χ0n) is 10.8. The second-order valence-corrected chi connectivity index (χ2v) is 5.12. The van der Waals surface area contributed by atoms with Crippen LogP contribution in [0.1, 0.15) is 11.1 Å². The first-order valence-corrected chi connectivity index (χ1v) is 6.81. The number of para-hydroxylation sites is 1. The highest BCUT2D eigenvalue weighted by Gasteiger charge is 2.03. The number of aromatic amines is 1. The summed E-state index contributed by atoms with van der Waals surface area (Å²) in [5.41, 5.74) is 3.32. The fourth-order valence-electron chi connectivity index (χ4n) is 2.27. The number of hydrogen-bond acceptors (Lipinski definition) is 1. The minimum atomic E-state index is -0.382. The van der Waals surface area contributed by atoms with E-state index < -0.39 is 0 Å². The van der Waals surface area contributed by atoms with Gasteiger partial charge in [-0.3, -0.25) is 0 Å². The standard InChI is InChI=1S/C16H14ClFN2/c17-14-7-11(5-6-15(14)18)8-19-9-12-10-20-16-4-2-1-3-13(12)16/h1-7,10,19-20H,8-9H2. The lowest BCUT2D eigenvalue weighted by atomic mass is 10.1. The van der Waals surface area contributed by atoms with Crippen LogP contribution in [0.2, 0.25) is 5.02 Å². The third-order valence-corrected chi connectivity index (χ3v) is 3.59. The van der Waals surface area contributed by atoms with Gasteiger partial charge in [0.05, 0.1) is 5.02 Å². The Morgan fingerprint density at radius 3 is 2.80 bits per heavy atom. The summed E-state index contributed by atoms with van der Waals surface area (Å²) in [4.78, 5) is 3.24. The molecule has 2 nitrogen and oxygen atoms in total. The topological polar surface area (TPSA) is 27.8 Å². The molecule has 2 aromatic carbocycles. The molecule has 3 rings (SSSR count). The van der Waals surface area contributed by atoms with Crippen LogP contribution in [-0.4, -0.2) is 4.98 Å². The van der Waals surface area contributed by atoms with Crippen molar-refractivity contribution in [2.24, 2.45) is 0 Å². The third-order valence-electron chi connectivity index (χ3n) is 3.30. The number of nitrogens with one attached hydrogen (secondary N) is 2. The first kappa shape index (κ1) is 13.2. The molecular formula is C16H14ClFN2. The first-order chi connectivity index (χ1) is 9.74. The molecule has 0 aliphatic heterocycles. The summed E-state index contributed by atoms with van der Waals surface area (Å²) in [5, 5.41) is 4.72. The second-order valence-electron chi connectivity index (χ2n) is 4.71. The SMILES string of the molecule is Fc1ccc(CNCc2c[nH]c3ccccc23)cc1Cl. The van der Waals surface area contributed by atoms with Crippen LogP contribution in [0.15, 0.2) is 48.7 Å². The monoisotopic (exact) mass is 288 g/mol. The molecule has 1 heterocycles. The molecule has 0 spiro atoms. The van der Waals surface area contributed by atoms with Crippen molar-refractivity contribution < 1.29 is 4.39 Å². The van der Waals surface area contributed by atoms with Crippen LogP contribution < -0.4 is 5.32 Å². The lowest BCUT2D eigenvalue weighted by Crippen LogP contribution is -2.12. The van der Waals surface area contributed by atoms with Crippen molar-refractivity contribution in [2.75, 3.05) is 0 Å². The molecule has 20 heavy (non-hydrogen) atoms. The molecule has 2 N–H and O–H groups in total. The van der Waals surface area contributed by atoms with Gasteiger partial charge in [-0.15, -0.1) is 0 Å². The normalized spacial score (nSPS) is 11.1. The second kappa shape index (κ2) is 5.65. The van der Waals surface area contributed by atoms with Gasteiger partial charge in [0.15, 0.2) is 0 Å². The van der Waals surface area contributed by atoms with Crippen LogP contribution in [0.5, 0.6) is 0 Å². The number of benzene rings is 2. The van der Waals surface area contributed by atoms with Gasteiger partial charge in [0.1, 0.15) is 5.82 Å². The highest BCUT2D eigenvalue weighted by atomic mass is 35.5. The van der Waals surface area contributed by atoms with Crippen LogP contribution in [0, 0.1) is 5.82 Å². The number of rotatable bonds is 4. The van der Waals surface area contributed by atoms with Gasteiger partial charge in [-0.05, 0) is 29.3 Å². The Balaban J connectivity index is 1.66. The van der Waals surface area contributed by atoms with E-state index in [1.54, 1.807) is 12.1 Å². The van der Waals surface area contributed by atoms with Crippen LogP contribution >= 0.6 is 11.6 Å². The Labute approximate surface area is 121 Å². The number of halogens is 2. The molecular weight excluding hydrogens is 275 g/mol. The lowest BCUT2D eigenvalue weighted by Gasteiger charge is -2.05. The molecule has 0 radical (unpaired) electrons. The van der Waals surface area contributed by atoms with Gasteiger partial charge >= 0.3 is 0 Å². The molecule has 4 heteroatoms. The molecule has 0 bridgehead atoms. The summed E-state index contributed by atoms with van der Waals surface area (Å²) in [6.45, 7) is 1.40. The summed E-state index contributed by atoms with van der Waals surface area (Å²) in [5.74, 6) is -0.382. The minimum Gasteiger partial charge on any atom is -0.361 e. The Hall–Kier alpha value is -1.84. The van der Waals surface area contributed by atoms with E-state index in [4.69, 9.17) is 11.6 Å². The van der Waals surface area contributed by atoms with Crippen molar-refractivity contribution in [1.82, 2.24) is 10.3 Å². The van der Waals surface area contributed by atoms with Gasteiger partial charge < -0.3 is 10.3 Å². The van der Waals surface area contributed by atoms with E-state index in [1.807, 2.05) is 18.3 Å². The van der Waals surface area contributed by atoms with E-state index in [0.717, 1.165) is 17.6 Å². The van der Waals surface area contributed by atoms with Crippen LogP contribution in [-0.2, 0) is 13.1 Å². The average molecular weight is 289 g/mol. The summed E-state index contributed by atoms with van der Waals surface area (Å²) >= 11 is 5.76. The van der Waals surface area contributed by atoms with E-state index in [9.17, 15) is 4.39 Å². The molecule has 0 unspecified atom stereocenters. The molecule has 102 valence electrons. The smallest absolute Gasteiger partial charge is 0.141 e. The van der Waals surface area contributed by atoms with Crippen LogP contribution in [0.4, 0.5) is 4.39 Å². The third kappa shape index (κ3) is 2.69. The number of fused-ring (bicyclic) bond motifs is 1. The molecule has 0 amide bonds. The molecule has 0 atom stereocenters. The molecule has 0 saturated carbocycles. The van der Waals surface area contributed by atoms with Gasteiger partial charge in [0.2, 0.25) is 0 Å². The minimum absolute atomic E-state index is 0.163. The highest BCUT2D eigenvalue weighted by molar-refractivity contribution is 6.30. The van der Waals surface area contributed by atoms with Gasteiger partial charge in [0, 0.05) is 30.2 Å². The van der Waals surface area contributed by atoms with Crippen molar-refractivity contribution in [3.05, 3.63) is 70.6 Å². The summed E-state index contributed by atoms with van der Waals surface area (Å²) < 4.78 is 13.1. The Kier molecular flexibility index (Phi) is 3.72. The van der Waals surface area contributed by atoms with Crippen LogP contribution in [0.25, 0.3) is 10.9 Å². The van der Waals surface area contributed by atoms with Gasteiger partial charge in [-0.25, -0.2) is 4.39 Å². The van der Waals surface area contributed by atoms with E-state index >= 15 is 0 Å². The lowest BCUT2D eigenvalue weighted by molar-refractivity contribution is 0.625. The molecule has 0 saturated heterocycles. The zero-order valence-corrected chi connectivity index (χ0v) is 11.5. The first-order valence-electron chi connectivity index (χ1n) is 6.43. The van der Waals surface area contributed by atoms with Crippen molar-refractivity contribution >= 4 is 22.5 Å². The van der Waals surface area contributed by atoms with Crippen molar-refractivity contribution in [1.29, 1.82) is 0 Å². The maximum absolute atomic E-state index is 13.1. The average Bonchev–Trinajstić information content (AvgIpc) is 2.86. The molecule has 0 aliphatic rings. The predicted molar refractivity (Wildman–Crippen MR) is 80.3 cm³/mol. The fourth-order valence-corrected chi connectivity index (χ4v) is 2.47. The number of aromatic nitrogens is 1. The predicted octanol–water partition coefficient (Wildman–Crippen LogP) is 4.25. The highest BCUT2D eigenvalue weighted by Crippen LogP contribution is 2.18. The van der Waals surface area contributed by atoms with E-state index in [2.05, 4.69) is 22.4 Å². The maximum atomic E-state index is 13.1. The Morgan fingerprint density at radius 2 is 1.95 bits per heavy atom. The zero-order chi connectivity index (χ0) is 13.9. The van der Waals surface area contributed by atoms with Crippen molar-refractivity contribution in [3.63, 3.8) is 0 Å². The van der Waals surface area contributed by atoms with Gasteiger partial charge in [0.25, 0.3) is 0 Å². The summed E-state index contributed by atoms with van der Waals surface area (Å²) in [6.07, 6.45) is 2.01. The maximum Gasteiger partial charge on any atom is 0.141 e. The molecule has 1 aromatic heterocycles. The quantitative estimate of drug-likeness (QED) is 0.738. The van der Waals surface area contributed by atoms with Crippen LogP contribution in [0.3, 0.4) is 0 Å². The van der Waals surface area contributed by atoms with Gasteiger partial charge in [-0.1, -0.05) is 35.9 Å². The summed E-state index contributed by atoms with van der Waals surface area (Å²) in [6, 6.07) is 13.0. The fraction of sp³-hybridized carbons (Fsp3) is 0.125. The number of H-pyrrole nitrogens is 1. The summed E-state index contributed by atoms with van der Waals surface area (Å²) in [7, 11) is 0. The molecule has 3 aromatic rings. The van der Waals surface area contributed by atoms with E-state index in [0.29, 0.717) is 6.54 Å². The largest absolute Gasteiger partial charge is 0.361 e. The van der Waals surface area contributed by atoms with Crippen molar-refractivity contribution in [3.8, 4) is 0 Å². The molecule has 0 fully saturated rings. The molecule has 0 aliphatic carbocycles. The van der Waals surface area contributed by atoms with Gasteiger partial charge in [-0.2, -0.15) is 0 Å². The van der Waals surface area contributed by atoms with Crippen molar-refractivity contribution in [2.45, 2.75) is 13.1 Å². The number of hydrogen-bond donors (Lipinski definition) is 2.